The van der Waals surface area contributed by atoms with Crippen LogP contribution in [0.25, 0.3) is 43.1 Å². The van der Waals surface area contributed by atoms with Gasteiger partial charge in [0.1, 0.15) is 0 Å². The third kappa shape index (κ3) is 3.61. The van der Waals surface area contributed by atoms with Crippen LogP contribution in [-0.4, -0.2) is 18.1 Å². The Kier molecular flexibility index (Phi) is 5.46. The summed E-state index contributed by atoms with van der Waals surface area (Å²) in [5.41, 5.74) is 1.35. The van der Waals surface area contributed by atoms with Crippen LogP contribution in [0.4, 0.5) is 5.69 Å². The van der Waals surface area contributed by atoms with Crippen LogP contribution in [0.3, 0.4) is 0 Å². The van der Waals surface area contributed by atoms with Crippen molar-refractivity contribution in [3.63, 3.8) is 0 Å². The van der Waals surface area contributed by atoms with Crippen LogP contribution in [0.15, 0.2) is 73.1 Å². The average Bonchev–Trinajstić information content (AvgIpc) is 2.83. The molecule has 0 spiro atoms. The zero-order chi connectivity index (χ0) is 21.2. The highest BCUT2D eigenvalue weighted by molar-refractivity contribution is 6.22. The van der Waals surface area contributed by atoms with Crippen molar-refractivity contribution in [2.24, 2.45) is 0 Å². The third-order valence-corrected chi connectivity index (χ3v) is 6.54. The van der Waals surface area contributed by atoms with E-state index >= 15 is 0 Å². The Morgan fingerprint density at radius 1 is 0.613 bits per heavy atom. The summed E-state index contributed by atoms with van der Waals surface area (Å²) in [5.74, 6) is 0. The molecule has 31 heavy (non-hydrogen) atoms. The monoisotopic (exact) mass is 406 g/mol. The van der Waals surface area contributed by atoms with Crippen molar-refractivity contribution < 1.29 is 0 Å². The lowest BCUT2D eigenvalue weighted by Gasteiger charge is -2.25. The van der Waals surface area contributed by atoms with Crippen LogP contribution < -0.4 is 4.90 Å². The van der Waals surface area contributed by atoms with Gasteiger partial charge in [-0.2, -0.15) is 0 Å². The fourth-order valence-corrected chi connectivity index (χ4v) is 4.79. The SMILES string of the molecule is CCCCN(CCCC)c1ccc2c(ccc3c2ccc2c4ccncc4ccc23)c1. The quantitative estimate of drug-likeness (QED) is 0.254. The van der Waals surface area contributed by atoms with Gasteiger partial charge in [-0.15, -0.1) is 0 Å². The number of pyridine rings is 1. The van der Waals surface area contributed by atoms with E-state index in [9.17, 15) is 0 Å². The molecule has 156 valence electrons. The van der Waals surface area contributed by atoms with Gasteiger partial charge >= 0.3 is 0 Å². The van der Waals surface area contributed by atoms with Crippen LogP contribution in [0.2, 0.25) is 0 Å². The Morgan fingerprint density at radius 2 is 1.16 bits per heavy atom. The molecule has 1 heterocycles. The molecule has 0 radical (unpaired) electrons. The van der Waals surface area contributed by atoms with Crippen molar-refractivity contribution in [2.45, 2.75) is 39.5 Å². The molecule has 0 N–H and O–H groups in total. The zero-order valence-electron chi connectivity index (χ0n) is 18.6. The van der Waals surface area contributed by atoms with Crippen LogP contribution in [0, 0.1) is 0 Å². The molecule has 1 aromatic heterocycles. The van der Waals surface area contributed by atoms with Gasteiger partial charge < -0.3 is 4.90 Å². The Balaban J connectivity index is 1.64. The lowest BCUT2D eigenvalue weighted by atomic mass is 9.94. The number of aromatic nitrogens is 1. The van der Waals surface area contributed by atoms with E-state index in [0.717, 1.165) is 13.1 Å². The first-order valence-corrected chi connectivity index (χ1v) is 11.7. The number of fused-ring (bicyclic) bond motifs is 7. The molecule has 0 amide bonds. The molecule has 0 unspecified atom stereocenters. The highest BCUT2D eigenvalue weighted by Crippen LogP contribution is 2.35. The van der Waals surface area contributed by atoms with Gasteiger partial charge in [-0.1, -0.05) is 69.2 Å². The molecular weight excluding hydrogens is 376 g/mol. The minimum atomic E-state index is 1.14. The maximum atomic E-state index is 4.28. The normalized spacial score (nSPS) is 11.7. The molecule has 5 rings (SSSR count). The van der Waals surface area contributed by atoms with Gasteiger partial charge in [-0.3, -0.25) is 4.98 Å². The first-order valence-electron chi connectivity index (χ1n) is 11.7. The summed E-state index contributed by atoms with van der Waals surface area (Å²) >= 11 is 0. The lowest BCUT2D eigenvalue weighted by molar-refractivity contribution is 0.678. The molecule has 0 aliphatic rings. The number of rotatable bonds is 7. The number of anilines is 1. The van der Waals surface area contributed by atoms with E-state index in [1.807, 2.05) is 12.4 Å². The predicted molar refractivity (Wildman–Crippen MR) is 136 cm³/mol. The molecule has 0 fully saturated rings. The lowest BCUT2D eigenvalue weighted by Crippen LogP contribution is -2.25. The van der Waals surface area contributed by atoms with E-state index in [0.29, 0.717) is 0 Å². The fourth-order valence-electron chi connectivity index (χ4n) is 4.79. The van der Waals surface area contributed by atoms with E-state index in [-0.39, 0.29) is 0 Å². The van der Waals surface area contributed by atoms with Gasteiger partial charge in [0.2, 0.25) is 0 Å². The van der Waals surface area contributed by atoms with Crippen molar-refractivity contribution >= 4 is 48.8 Å². The number of benzene rings is 4. The molecule has 0 atom stereocenters. The molecule has 4 aromatic carbocycles. The highest BCUT2D eigenvalue weighted by Gasteiger charge is 2.10. The topological polar surface area (TPSA) is 16.1 Å². The molecule has 5 aromatic rings. The van der Waals surface area contributed by atoms with Gasteiger partial charge in [0.15, 0.2) is 0 Å². The summed E-state index contributed by atoms with van der Waals surface area (Å²) in [6.45, 7) is 6.83. The van der Waals surface area contributed by atoms with Gasteiger partial charge in [-0.05, 0) is 68.7 Å². The van der Waals surface area contributed by atoms with E-state index in [4.69, 9.17) is 0 Å². The smallest absolute Gasteiger partial charge is 0.0372 e. The minimum absolute atomic E-state index is 1.14. The van der Waals surface area contributed by atoms with E-state index < -0.39 is 0 Å². The molecule has 0 saturated heterocycles. The maximum Gasteiger partial charge on any atom is 0.0372 e. The molecule has 0 aliphatic carbocycles. The maximum absolute atomic E-state index is 4.28. The Morgan fingerprint density at radius 3 is 1.84 bits per heavy atom. The van der Waals surface area contributed by atoms with Gasteiger partial charge in [0.05, 0.1) is 0 Å². The zero-order valence-corrected chi connectivity index (χ0v) is 18.6. The minimum Gasteiger partial charge on any atom is -0.372 e. The van der Waals surface area contributed by atoms with Crippen molar-refractivity contribution in [2.75, 3.05) is 18.0 Å². The summed E-state index contributed by atoms with van der Waals surface area (Å²) in [6, 6.07) is 22.8. The molecule has 0 aliphatic heterocycles. The summed E-state index contributed by atoms with van der Waals surface area (Å²) in [7, 11) is 0. The van der Waals surface area contributed by atoms with Crippen LogP contribution in [-0.2, 0) is 0 Å². The second-order valence-electron chi connectivity index (χ2n) is 8.58. The summed E-state index contributed by atoms with van der Waals surface area (Å²) < 4.78 is 0. The number of nitrogens with zero attached hydrogens (tertiary/aromatic N) is 2. The third-order valence-electron chi connectivity index (χ3n) is 6.54. The van der Waals surface area contributed by atoms with Crippen molar-refractivity contribution in [1.82, 2.24) is 4.98 Å². The molecule has 2 nitrogen and oxygen atoms in total. The molecule has 2 heteroatoms. The highest BCUT2D eigenvalue weighted by atomic mass is 15.1. The molecule has 0 saturated carbocycles. The van der Waals surface area contributed by atoms with Gasteiger partial charge in [-0.25, -0.2) is 0 Å². The molecular formula is C29H30N2. The average molecular weight is 407 g/mol. The van der Waals surface area contributed by atoms with Crippen molar-refractivity contribution in [3.05, 3.63) is 73.1 Å². The Hall–Kier alpha value is -3.13. The second kappa shape index (κ2) is 8.55. The van der Waals surface area contributed by atoms with Crippen molar-refractivity contribution in [3.8, 4) is 0 Å². The molecule has 0 bridgehead atoms. The predicted octanol–water partition coefficient (Wildman–Crippen LogP) is 8.10. The Bertz CT molecular complexity index is 1360. The summed E-state index contributed by atoms with van der Waals surface area (Å²) in [6.07, 6.45) is 8.79. The van der Waals surface area contributed by atoms with E-state index in [1.165, 1.54) is 74.5 Å². The van der Waals surface area contributed by atoms with Crippen molar-refractivity contribution in [1.29, 1.82) is 0 Å². The van der Waals surface area contributed by atoms with Gasteiger partial charge in [0.25, 0.3) is 0 Å². The Labute approximate surface area is 184 Å². The second-order valence-corrected chi connectivity index (χ2v) is 8.58. The standard InChI is InChI=1S/C29H30N2/c1-3-5-17-31(18-6-4-2)23-9-12-24-21(19-23)7-10-28-26(24)13-14-27-25-15-16-30-20-22(25)8-11-29(27)28/h7-16,19-20H,3-6,17-18H2,1-2H3. The largest absolute Gasteiger partial charge is 0.372 e. The number of hydrogen-bond acceptors (Lipinski definition) is 2. The van der Waals surface area contributed by atoms with E-state index in [2.05, 4.69) is 84.4 Å². The number of hydrogen-bond donors (Lipinski definition) is 0. The fraction of sp³-hybridized carbons (Fsp3) is 0.276. The summed E-state index contributed by atoms with van der Waals surface area (Å²) in [5, 5.41) is 10.4. The van der Waals surface area contributed by atoms with Gasteiger partial charge in [0, 0.05) is 36.6 Å². The summed E-state index contributed by atoms with van der Waals surface area (Å²) in [4.78, 5) is 6.85. The van der Waals surface area contributed by atoms with Crippen LogP contribution in [0.5, 0.6) is 0 Å². The first-order chi connectivity index (χ1) is 15.3. The van der Waals surface area contributed by atoms with Crippen LogP contribution >= 0.6 is 0 Å². The van der Waals surface area contributed by atoms with E-state index in [1.54, 1.807) is 0 Å². The van der Waals surface area contributed by atoms with Crippen LogP contribution in [0.1, 0.15) is 39.5 Å². The first kappa shape index (κ1) is 19.8. The number of unbranched alkanes of at least 4 members (excludes halogenated alkanes) is 2.